The third-order valence-corrected chi connectivity index (χ3v) is 3.57. The summed E-state index contributed by atoms with van der Waals surface area (Å²) in [5.74, 6) is -0.654. The van der Waals surface area contributed by atoms with Crippen molar-refractivity contribution in [2.45, 2.75) is 12.5 Å². The Balaban J connectivity index is 1.90. The van der Waals surface area contributed by atoms with Crippen LogP contribution >= 0.6 is 15.9 Å². The van der Waals surface area contributed by atoms with E-state index in [1.807, 2.05) is 4.90 Å². The van der Waals surface area contributed by atoms with Gasteiger partial charge in [0.15, 0.2) is 0 Å². The second-order valence-electron chi connectivity index (χ2n) is 4.71. The standard InChI is InChI=1S/C13H16BrN3O4/c14-9-1-2-11(15-6-9)16-12(18)7-17-3-4-21-8-10(17)5-13(19)20/h1-2,6,10H,3-5,7-8H2,(H,19,20)(H,15,16,18). The Morgan fingerprint density at radius 2 is 2.33 bits per heavy atom. The van der Waals surface area contributed by atoms with E-state index in [-0.39, 0.29) is 24.9 Å². The van der Waals surface area contributed by atoms with Gasteiger partial charge in [-0.3, -0.25) is 14.5 Å². The molecule has 2 heterocycles. The number of aliphatic carboxylic acids is 1. The van der Waals surface area contributed by atoms with Crippen LogP contribution in [0.1, 0.15) is 6.42 Å². The van der Waals surface area contributed by atoms with Crippen LogP contribution in [-0.4, -0.2) is 59.2 Å². The number of aromatic nitrogens is 1. The summed E-state index contributed by atoms with van der Waals surface area (Å²) in [5.41, 5.74) is 0. The van der Waals surface area contributed by atoms with Gasteiger partial charge in [-0.2, -0.15) is 0 Å². The molecule has 21 heavy (non-hydrogen) atoms. The lowest BCUT2D eigenvalue weighted by Crippen LogP contribution is -2.49. The molecule has 2 rings (SSSR count). The molecule has 8 heteroatoms. The van der Waals surface area contributed by atoms with Crippen molar-refractivity contribution in [3.8, 4) is 0 Å². The molecule has 1 aromatic rings. The van der Waals surface area contributed by atoms with E-state index in [2.05, 4.69) is 26.2 Å². The number of halogens is 1. The molecular formula is C13H16BrN3O4. The van der Waals surface area contributed by atoms with Gasteiger partial charge in [-0.05, 0) is 28.1 Å². The van der Waals surface area contributed by atoms with Crippen molar-refractivity contribution < 1.29 is 19.4 Å². The first-order chi connectivity index (χ1) is 10.0. The number of anilines is 1. The maximum Gasteiger partial charge on any atom is 0.305 e. The highest BCUT2D eigenvalue weighted by Crippen LogP contribution is 2.12. The molecule has 0 radical (unpaired) electrons. The van der Waals surface area contributed by atoms with Gasteiger partial charge in [0.25, 0.3) is 0 Å². The molecular weight excluding hydrogens is 342 g/mol. The summed E-state index contributed by atoms with van der Waals surface area (Å²) in [6.07, 6.45) is 1.56. The minimum Gasteiger partial charge on any atom is -0.481 e. The lowest BCUT2D eigenvalue weighted by Gasteiger charge is -2.34. The zero-order valence-electron chi connectivity index (χ0n) is 11.3. The number of amides is 1. The fourth-order valence-corrected chi connectivity index (χ4v) is 2.34. The van der Waals surface area contributed by atoms with Crippen LogP contribution in [0.25, 0.3) is 0 Å². The maximum atomic E-state index is 12.0. The number of carbonyl (C=O) groups is 2. The Kier molecular flexibility index (Phi) is 5.66. The van der Waals surface area contributed by atoms with Crippen LogP contribution in [-0.2, 0) is 14.3 Å². The lowest BCUT2D eigenvalue weighted by atomic mass is 10.1. The fourth-order valence-electron chi connectivity index (χ4n) is 2.10. The number of ether oxygens (including phenoxy) is 1. The highest BCUT2D eigenvalue weighted by atomic mass is 79.9. The van der Waals surface area contributed by atoms with Crippen molar-refractivity contribution in [3.63, 3.8) is 0 Å². The summed E-state index contributed by atoms with van der Waals surface area (Å²) in [4.78, 5) is 28.7. The number of carboxylic acids is 1. The van der Waals surface area contributed by atoms with Crippen LogP contribution in [0.4, 0.5) is 5.82 Å². The molecule has 0 aromatic carbocycles. The topological polar surface area (TPSA) is 91.8 Å². The number of hydrogen-bond acceptors (Lipinski definition) is 5. The van der Waals surface area contributed by atoms with Crippen molar-refractivity contribution in [1.29, 1.82) is 0 Å². The van der Waals surface area contributed by atoms with Crippen molar-refractivity contribution in [3.05, 3.63) is 22.8 Å². The molecule has 7 nitrogen and oxygen atoms in total. The minimum absolute atomic E-state index is 0.0379. The van der Waals surface area contributed by atoms with Gasteiger partial charge in [0.05, 0.1) is 26.2 Å². The number of nitrogens with one attached hydrogen (secondary N) is 1. The molecule has 114 valence electrons. The van der Waals surface area contributed by atoms with Gasteiger partial charge >= 0.3 is 5.97 Å². The highest BCUT2D eigenvalue weighted by Gasteiger charge is 2.26. The van der Waals surface area contributed by atoms with E-state index >= 15 is 0 Å². The zero-order valence-corrected chi connectivity index (χ0v) is 12.9. The van der Waals surface area contributed by atoms with Gasteiger partial charge in [0, 0.05) is 23.3 Å². The summed E-state index contributed by atoms with van der Waals surface area (Å²) in [5, 5.41) is 11.6. The van der Waals surface area contributed by atoms with E-state index in [1.165, 1.54) is 0 Å². The molecule has 1 saturated heterocycles. The molecule has 0 bridgehead atoms. The van der Waals surface area contributed by atoms with E-state index in [1.54, 1.807) is 18.3 Å². The van der Waals surface area contributed by atoms with E-state index in [0.717, 1.165) is 4.47 Å². The van der Waals surface area contributed by atoms with E-state index in [4.69, 9.17) is 9.84 Å². The molecule has 1 amide bonds. The first-order valence-corrected chi connectivity index (χ1v) is 7.29. The Labute approximate surface area is 130 Å². The van der Waals surface area contributed by atoms with Crippen molar-refractivity contribution in [1.82, 2.24) is 9.88 Å². The molecule has 1 aliphatic rings. The molecule has 2 N–H and O–H groups in total. The second-order valence-corrected chi connectivity index (χ2v) is 5.62. The molecule has 1 fully saturated rings. The molecule has 1 unspecified atom stereocenters. The summed E-state index contributed by atoms with van der Waals surface area (Å²) in [6, 6.07) is 3.19. The summed E-state index contributed by atoms with van der Waals surface area (Å²) >= 11 is 3.27. The lowest BCUT2D eigenvalue weighted by molar-refractivity contribution is -0.141. The number of carbonyl (C=O) groups excluding carboxylic acids is 1. The quantitative estimate of drug-likeness (QED) is 0.815. The van der Waals surface area contributed by atoms with Gasteiger partial charge in [-0.15, -0.1) is 0 Å². The second kappa shape index (κ2) is 7.48. The number of pyridine rings is 1. The summed E-state index contributed by atoms with van der Waals surface area (Å²) in [7, 11) is 0. The number of nitrogens with zero attached hydrogens (tertiary/aromatic N) is 2. The minimum atomic E-state index is -0.898. The molecule has 1 aliphatic heterocycles. The Hall–Kier alpha value is -1.51. The van der Waals surface area contributed by atoms with Crippen LogP contribution in [0, 0.1) is 0 Å². The van der Waals surface area contributed by atoms with Gasteiger partial charge in [0.1, 0.15) is 5.82 Å². The van der Waals surface area contributed by atoms with Crippen molar-refractivity contribution >= 4 is 33.6 Å². The monoisotopic (exact) mass is 357 g/mol. The Morgan fingerprint density at radius 1 is 1.52 bits per heavy atom. The molecule has 0 aliphatic carbocycles. The van der Waals surface area contributed by atoms with Crippen LogP contribution in [0.15, 0.2) is 22.8 Å². The van der Waals surface area contributed by atoms with Crippen LogP contribution in [0.3, 0.4) is 0 Å². The number of rotatable bonds is 5. The first-order valence-electron chi connectivity index (χ1n) is 6.49. The first kappa shape index (κ1) is 15.9. The number of hydrogen-bond donors (Lipinski definition) is 2. The molecule has 1 atom stereocenters. The fraction of sp³-hybridized carbons (Fsp3) is 0.462. The van der Waals surface area contributed by atoms with Gasteiger partial charge in [-0.1, -0.05) is 0 Å². The molecule has 0 spiro atoms. The van der Waals surface area contributed by atoms with Gasteiger partial charge < -0.3 is 15.2 Å². The third kappa shape index (κ3) is 5.07. The Bertz CT molecular complexity index is 509. The summed E-state index contributed by atoms with van der Waals surface area (Å²) < 4.78 is 6.10. The highest BCUT2D eigenvalue weighted by molar-refractivity contribution is 9.10. The molecule has 0 saturated carbocycles. The zero-order chi connectivity index (χ0) is 15.2. The van der Waals surface area contributed by atoms with E-state index < -0.39 is 5.97 Å². The third-order valence-electron chi connectivity index (χ3n) is 3.10. The summed E-state index contributed by atoms with van der Waals surface area (Å²) in [6.45, 7) is 1.49. The predicted octanol–water partition coefficient (Wildman–Crippen LogP) is 0.958. The predicted molar refractivity (Wildman–Crippen MR) is 79.0 cm³/mol. The SMILES string of the molecule is O=C(O)CC1COCCN1CC(=O)Nc1ccc(Br)cn1. The van der Waals surface area contributed by atoms with Crippen molar-refractivity contribution in [2.75, 3.05) is 31.6 Å². The number of carboxylic acid groups (broad SMARTS) is 1. The average molecular weight is 358 g/mol. The smallest absolute Gasteiger partial charge is 0.305 e. The largest absolute Gasteiger partial charge is 0.481 e. The molecule has 1 aromatic heterocycles. The normalized spacial score (nSPS) is 19.2. The Morgan fingerprint density at radius 3 is 3.00 bits per heavy atom. The van der Waals surface area contributed by atoms with E-state index in [9.17, 15) is 9.59 Å². The van der Waals surface area contributed by atoms with Crippen molar-refractivity contribution in [2.24, 2.45) is 0 Å². The average Bonchev–Trinajstić information content (AvgIpc) is 2.43. The van der Waals surface area contributed by atoms with Gasteiger partial charge in [0.2, 0.25) is 5.91 Å². The van der Waals surface area contributed by atoms with Crippen LogP contribution < -0.4 is 5.32 Å². The van der Waals surface area contributed by atoms with E-state index in [0.29, 0.717) is 25.6 Å². The maximum absolute atomic E-state index is 12.0. The number of morpholine rings is 1. The van der Waals surface area contributed by atoms with Gasteiger partial charge in [-0.25, -0.2) is 4.98 Å². The van der Waals surface area contributed by atoms with Crippen LogP contribution in [0.5, 0.6) is 0 Å². The van der Waals surface area contributed by atoms with Crippen LogP contribution in [0.2, 0.25) is 0 Å².